The average Bonchev–Trinajstić information content (AvgIpc) is 2.53. The summed E-state index contributed by atoms with van der Waals surface area (Å²) in [6.07, 6.45) is 4.28. The summed E-state index contributed by atoms with van der Waals surface area (Å²) in [7, 11) is 0. The molecule has 4 nitrogen and oxygen atoms in total. The molecule has 1 aliphatic heterocycles. The van der Waals surface area contributed by atoms with E-state index in [0.29, 0.717) is 0 Å². The minimum atomic E-state index is -0.905. The van der Waals surface area contributed by atoms with Crippen LogP contribution in [0.5, 0.6) is 0 Å². The van der Waals surface area contributed by atoms with E-state index in [9.17, 15) is 5.11 Å². The van der Waals surface area contributed by atoms with Crippen molar-refractivity contribution < 1.29 is 19.7 Å². The molecule has 0 unspecified atom stereocenters. The van der Waals surface area contributed by atoms with Crippen LogP contribution in [0.4, 0.5) is 0 Å². The molecule has 1 rings (SSSR count). The Labute approximate surface area is 96.9 Å². The number of hydrogen-bond donors (Lipinski definition) is 2. The Morgan fingerprint density at radius 3 is 2.62 bits per heavy atom. The lowest BCUT2D eigenvalue weighted by Gasteiger charge is -2.19. The molecule has 2 N–H and O–H groups in total. The van der Waals surface area contributed by atoms with Crippen molar-refractivity contribution in [2.24, 2.45) is 0 Å². The number of aliphatic hydroxyl groups excluding tert-OH is 2. The summed E-state index contributed by atoms with van der Waals surface area (Å²) in [5.74, 6) is -0.706. The monoisotopic (exact) mass is 230 g/mol. The van der Waals surface area contributed by atoms with Crippen LogP contribution in [-0.2, 0) is 9.47 Å². The van der Waals surface area contributed by atoms with Gasteiger partial charge < -0.3 is 19.7 Å². The Morgan fingerprint density at radius 2 is 2.06 bits per heavy atom. The number of ether oxygens (including phenoxy) is 2. The number of allylic oxidation sites excluding steroid dienone is 1. The second-order valence-corrected chi connectivity index (χ2v) is 4.53. The Balaban J connectivity index is 2.64. The predicted octanol–water partition coefficient (Wildman–Crippen LogP) is 1.22. The molecule has 0 aromatic heterocycles. The molecule has 1 aliphatic rings. The first kappa shape index (κ1) is 13.6. The van der Waals surface area contributed by atoms with E-state index >= 15 is 0 Å². The lowest BCUT2D eigenvalue weighted by atomic mass is 10.1. The molecule has 94 valence electrons. The summed E-state index contributed by atoms with van der Waals surface area (Å²) in [5, 5.41) is 18.6. The molecule has 4 heteroatoms. The van der Waals surface area contributed by atoms with Gasteiger partial charge in [-0.05, 0) is 20.3 Å². The number of unbranched alkanes of at least 4 members (excludes halogenated alkanes) is 1. The van der Waals surface area contributed by atoms with Crippen LogP contribution in [0.15, 0.2) is 12.2 Å². The zero-order valence-electron chi connectivity index (χ0n) is 10.2. The van der Waals surface area contributed by atoms with Crippen molar-refractivity contribution in [2.45, 2.75) is 57.7 Å². The molecule has 0 aliphatic carbocycles. The van der Waals surface area contributed by atoms with Crippen molar-refractivity contribution in [3.05, 3.63) is 12.2 Å². The third kappa shape index (κ3) is 3.56. The Kier molecular flexibility index (Phi) is 4.92. The van der Waals surface area contributed by atoms with Gasteiger partial charge in [0.1, 0.15) is 18.3 Å². The molecule has 3 atom stereocenters. The molecule has 1 saturated heterocycles. The van der Waals surface area contributed by atoms with Gasteiger partial charge >= 0.3 is 0 Å². The number of rotatable bonds is 5. The molecule has 1 fully saturated rings. The Bertz CT molecular complexity index is 237. The highest BCUT2D eigenvalue weighted by Gasteiger charge is 2.43. The molecule has 0 radical (unpaired) electrons. The minimum absolute atomic E-state index is 0.288. The van der Waals surface area contributed by atoms with Crippen molar-refractivity contribution in [3.8, 4) is 0 Å². The van der Waals surface area contributed by atoms with E-state index in [4.69, 9.17) is 14.6 Å². The highest BCUT2D eigenvalue weighted by Crippen LogP contribution is 2.30. The van der Waals surface area contributed by atoms with Gasteiger partial charge in [0.05, 0.1) is 6.61 Å². The maximum atomic E-state index is 9.63. The van der Waals surface area contributed by atoms with Crippen LogP contribution >= 0.6 is 0 Å². The quantitative estimate of drug-likeness (QED) is 0.697. The summed E-state index contributed by atoms with van der Waals surface area (Å²) < 4.78 is 11.2. The molecule has 16 heavy (non-hydrogen) atoms. The topological polar surface area (TPSA) is 58.9 Å². The van der Waals surface area contributed by atoms with Crippen LogP contribution in [0.3, 0.4) is 0 Å². The van der Waals surface area contributed by atoms with Crippen LogP contribution in [0.25, 0.3) is 0 Å². The number of aliphatic hydroxyl groups is 2. The van der Waals surface area contributed by atoms with Crippen molar-refractivity contribution in [1.29, 1.82) is 0 Å². The maximum Gasteiger partial charge on any atom is 0.164 e. The molecule has 0 saturated carbocycles. The van der Waals surface area contributed by atoms with Gasteiger partial charge in [-0.25, -0.2) is 0 Å². The summed E-state index contributed by atoms with van der Waals surface area (Å²) in [5.41, 5.74) is 0. The van der Waals surface area contributed by atoms with Crippen molar-refractivity contribution in [2.75, 3.05) is 6.61 Å². The fourth-order valence-corrected chi connectivity index (χ4v) is 1.76. The minimum Gasteiger partial charge on any atom is -0.394 e. The van der Waals surface area contributed by atoms with E-state index < -0.39 is 18.0 Å². The second kappa shape index (κ2) is 5.77. The Morgan fingerprint density at radius 1 is 1.38 bits per heavy atom. The summed E-state index contributed by atoms with van der Waals surface area (Å²) >= 11 is 0. The molecule has 0 bridgehead atoms. The lowest BCUT2D eigenvalue weighted by Crippen LogP contribution is -2.37. The normalized spacial score (nSPS) is 31.1. The molecule has 0 aromatic carbocycles. The summed E-state index contributed by atoms with van der Waals surface area (Å²) in [6, 6.07) is 0. The zero-order chi connectivity index (χ0) is 12.2. The van der Waals surface area contributed by atoms with Crippen LogP contribution in [-0.4, -0.2) is 40.9 Å². The summed E-state index contributed by atoms with van der Waals surface area (Å²) in [4.78, 5) is 0. The molecule has 0 amide bonds. The third-order valence-corrected chi connectivity index (χ3v) is 2.51. The van der Waals surface area contributed by atoms with Gasteiger partial charge in [-0.3, -0.25) is 0 Å². The van der Waals surface area contributed by atoms with Crippen LogP contribution < -0.4 is 0 Å². The van der Waals surface area contributed by atoms with Gasteiger partial charge in [0, 0.05) is 0 Å². The lowest BCUT2D eigenvalue weighted by molar-refractivity contribution is -0.155. The largest absolute Gasteiger partial charge is 0.394 e. The standard InChI is InChI=1S/C12H22O4/c1-4-5-6-7-10-11(9(14)8-13)16-12(2,3)15-10/h6-7,9-11,13-14H,4-5,8H2,1-3H3/b7-6-/t9-,10+,11-/m1/s1. The van der Waals surface area contributed by atoms with E-state index in [1.54, 1.807) is 13.8 Å². The molecule has 1 heterocycles. The highest BCUT2D eigenvalue weighted by molar-refractivity contribution is 5.00. The first-order chi connectivity index (χ1) is 7.50. The van der Waals surface area contributed by atoms with E-state index in [1.807, 2.05) is 12.2 Å². The fraction of sp³-hybridized carbons (Fsp3) is 0.833. The summed E-state index contributed by atoms with van der Waals surface area (Å²) in [6.45, 7) is 5.39. The first-order valence-electron chi connectivity index (χ1n) is 5.81. The van der Waals surface area contributed by atoms with E-state index in [1.165, 1.54) is 0 Å². The van der Waals surface area contributed by atoms with Crippen LogP contribution in [0, 0.1) is 0 Å². The van der Waals surface area contributed by atoms with E-state index in [2.05, 4.69) is 6.92 Å². The van der Waals surface area contributed by atoms with Gasteiger partial charge in [-0.15, -0.1) is 0 Å². The van der Waals surface area contributed by atoms with Gasteiger partial charge in [0.25, 0.3) is 0 Å². The average molecular weight is 230 g/mol. The maximum absolute atomic E-state index is 9.63. The van der Waals surface area contributed by atoms with E-state index in [0.717, 1.165) is 12.8 Å². The molecule has 0 spiro atoms. The van der Waals surface area contributed by atoms with Gasteiger partial charge in [0.15, 0.2) is 5.79 Å². The number of hydrogen-bond acceptors (Lipinski definition) is 4. The fourth-order valence-electron chi connectivity index (χ4n) is 1.76. The van der Waals surface area contributed by atoms with Gasteiger partial charge in [-0.1, -0.05) is 25.5 Å². The van der Waals surface area contributed by atoms with Crippen LogP contribution in [0.1, 0.15) is 33.6 Å². The van der Waals surface area contributed by atoms with E-state index in [-0.39, 0.29) is 12.7 Å². The highest BCUT2D eigenvalue weighted by atomic mass is 16.8. The van der Waals surface area contributed by atoms with Crippen LogP contribution in [0.2, 0.25) is 0 Å². The smallest absolute Gasteiger partial charge is 0.164 e. The predicted molar refractivity (Wildman–Crippen MR) is 61.0 cm³/mol. The zero-order valence-corrected chi connectivity index (χ0v) is 10.2. The van der Waals surface area contributed by atoms with Crippen molar-refractivity contribution >= 4 is 0 Å². The van der Waals surface area contributed by atoms with Crippen molar-refractivity contribution in [3.63, 3.8) is 0 Å². The molecular formula is C12H22O4. The Hall–Kier alpha value is -0.420. The first-order valence-corrected chi connectivity index (χ1v) is 5.81. The second-order valence-electron chi connectivity index (χ2n) is 4.53. The third-order valence-electron chi connectivity index (χ3n) is 2.51. The van der Waals surface area contributed by atoms with Crippen molar-refractivity contribution in [1.82, 2.24) is 0 Å². The molecular weight excluding hydrogens is 208 g/mol. The molecule has 0 aromatic rings. The SMILES string of the molecule is CCC/C=C\[C@@H]1OC(C)(C)O[C@@H]1[C@H](O)CO. The van der Waals surface area contributed by atoms with Gasteiger partial charge in [-0.2, -0.15) is 0 Å². The van der Waals surface area contributed by atoms with Gasteiger partial charge in [0.2, 0.25) is 0 Å².